The minimum absolute atomic E-state index is 0.263. The highest BCUT2D eigenvalue weighted by atomic mass is 32.2. The van der Waals surface area contributed by atoms with Crippen LogP contribution in [0.4, 0.5) is 11.4 Å². The van der Waals surface area contributed by atoms with E-state index in [2.05, 4.69) is 12.2 Å². The number of amides is 1. The maximum absolute atomic E-state index is 12.4. The van der Waals surface area contributed by atoms with Crippen LogP contribution in [0.3, 0.4) is 0 Å². The van der Waals surface area contributed by atoms with Gasteiger partial charge in [-0.25, -0.2) is 8.42 Å². The molecule has 0 aromatic heterocycles. The molecule has 0 unspecified atom stereocenters. The highest BCUT2D eigenvalue weighted by Crippen LogP contribution is 2.22. The van der Waals surface area contributed by atoms with Crippen molar-refractivity contribution in [3.63, 3.8) is 0 Å². The van der Waals surface area contributed by atoms with Crippen molar-refractivity contribution in [1.82, 2.24) is 0 Å². The van der Waals surface area contributed by atoms with E-state index in [1.54, 1.807) is 12.1 Å². The summed E-state index contributed by atoms with van der Waals surface area (Å²) < 4.78 is 25.5. The number of hydrogen-bond acceptors (Lipinski definition) is 3. The molecule has 6 heteroatoms. The maximum Gasteiger partial charge on any atom is 0.245 e. The zero-order valence-corrected chi connectivity index (χ0v) is 16.3. The van der Waals surface area contributed by atoms with Crippen LogP contribution in [0.1, 0.15) is 30.9 Å². The van der Waals surface area contributed by atoms with E-state index in [-0.39, 0.29) is 12.5 Å². The van der Waals surface area contributed by atoms with Crippen molar-refractivity contribution in [3.05, 3.63) is 59.7 Å². The van der Waals surface area contributed by atoms with Crippen LogP contribution in [0.15, 0.2) is 48.5 Å². The van der Waals surface area contributed by atoms with Crippen molar-refractivity contribution in [2.45, 2.75) is 33.1 Å². The molecular formula is C20H26N2O3S. The molecule has 1 amide bonds. The minimum Gasteiger partial charge on any atom is -0.325 e. The molecule has 1 N–H and O–H groups in total. The molecule has 2 aromatic carbocycles. The Morgan fingerprint density at radius 2 is 1.73 bits per heavy atom. The quantitative estimate of drug-likeness (QED) is 0.765. The summed E-state index contributed by atoms with van der Waals surface area (Å²) in [5.41, 5.74) is 3.20. The second kappa shape index (κ2) is 8.85. The van der Waals surface area contributed by atoms with Crippen molar-refractivity contribution in [2.75, 3.05) is 22.4 Å². The monoisotopic (exact) mass is 374 g/mol. The van der Waals surface area contributed by atoms with Gasteiger partial charge in [-0.3, -0.25) is 9.10 Å². The summed E-state index contributed by atoms with van der Waals surface area (Å²) in [6, 6.07) is 14.8. The number of nitrogens with zero attached hydrogens (tertiary/aromatic N) is 1. The Morgan fingerprint density at radius 1 is 1.08 bits per heavy atom. The van der Waals surface area contributed by atoms with Gasteiger partial charge in [-0.2, -0.15) is 0 Å². The highest BCUT2D eigenvalue weighted by molar-refractivity contribution is 7.92. The van der Waals surface area contributed by atoms with E-state index in [1.807, 2.05) is 43.3 Å². The van der Waals surface area contributed by atoms with Gasteiger partial charge in [0.15, 0.2) is 0 Å². The predicted molar refractivity (Wildman–Crippen MR) is 107 cm³/mol. The lowest BCUT2D eigenvalue weighted by molar-refractivity contribution is -0.114. The molecule has 0 aliphatic carbocycles. The molecule has 0 spiro atoms. The van der Waals surface area contributed by atoms with Crippen molar-refractivity contribution in [2.24, 2.45) is 0 Å². The summed E-state index contributed by atoms with van der Waals surface area (Å²) in [4.78, 5) is 12.4. The molecule has 0 saturated carbocycles. The first kappa shape index (κ1) is 20.0. The van der Waals surface area contributed by atoms with Crippen LogP contribution in [0.5, 0.6) is 0 Å². The number of para-hydroxylation sites is 1. The Hall–Kier alpha value is -2.34. The number of carbonyl (C=O) groups excluding carboxylic acids is 1. The number of carbonyl (C=O) groups is 1. The zero-order valence-electron chi connectivity index (χ0n) is 15.5. The molecule has 140 valence electrons. The molecular weight excluding hydrogens is 348 g/mol. The van der Waals surface area contributed by atoms with Gasteiger partial charge in [0, 0.05) is 5.69 Å². The number of nitrogens with one attached hydrogen (secondary N) is 1. The van der Waals surface area contributed by atoms with Gasteiger partial charge in [0.1, 0.15) is 6.54 Å². The fourth-order valence-electron chi connectivity index (χ4n) is 2.69. The van der Waals surface area contributed by atoms with E-state index in [9.17, 15) is 13.2 Å². The van der Waals surface area contributed by atoms with Gasteiger partial charge in [-0.05, 0) is 49.1 Å². The van der Waals surface area contributed by atoms with Crippen molar-refractivity contribution < 1.29 is 13.2 Å². The number of rotatable bonds is 8. The van der Waals surface area contributed by atoms with Gasteiger partial charge in [0.25, 0.3) is 0 Å². The Kier molecular flexibility index (Phi) is 6.80. The molecule has 0 bridgehead atoms. The number of sulfonamides is 1. The van der Waals surface area contributed by atoms with E-state index in [4.69, 9.17) is 0 Å². The van der Waals surface area contributed by atoms with Crippen LogP contribution in [-0.2, 0) is 21.2 Å². The summed E-state index contributed by atoms with van der Waals surface area (Å²) >= 11 is 0. The Labute approximate surface area is 156 Å². The summed E-state index contributed by atoms with van der Waals surface area (Å²) in [7, 11) is -3.57. The number of anilines is 2. The molecule has 0 aliphatic rings. The van der Waals surface area contributed by atoms with Crippen molar-refractivity contribution >= 4 is 27.3 Å². The van der Waals surface area contributed by atoms with Gasteiger partial charge < -0.3 is 5.32 Å². The average molecular weight is 375 g/mol. The van der Waals surface area contributed by atoms with Gasteiger partial charge in [-0.1, -0.05) is 43.7 Å². The van der Waals surface area contributed by atoms with Gasteiger partial charge in [0.05, 0.1) is 11.9 Å². The molecule has 0 aliphatic heterocycles. The second-order valence-electron chi connectivity index (χ2n) is 6.40. The topological polar surface area (TPSA) is 66.5 Å². The standard InChI is InChI=1S/C20H26N2O3S/c1-4-5-9-17-11-13-18(14-12-17)21-20(23)15-22(26(3,24)25)19-10-7-6-8-16(19)2/h6-8,10-14H,4-5,9,15H2,1-3H3,(H,21,23). The number of benzene rings is 2. The van der Waals surface area contributed by atoms with Crippen LogP contribution in [0.25, 0.3) is 0 Å². The first-order valence-corrected chi connectivity index (χ1v) is 10.6. The second-order valence-corrected chi connectivity index (χ2v) is 8.31. The molecule has 26 heavy (non-hydrogen) atoms. The summed E-state index contributed by atoms with van der Waals surface area (Å²) in [5.74, 6) is -0.375. The van der Waals surface area contributed by atoms with Crippen LogP contribution in [0, 0.1) is 6.92 Å². The third-order valence-corrected chi connectivity index (χ3v) is 5.25. The summed E-state index contributed by atoms with van der Waals surface area (Å²) in [6.07, 6.45) is 4.39. The van der Waals surface area contributed by atoms with Gasteiger partial charge >= 0.3 is 0 Å². The van der Waals surface area contributed by atoms with Gasteiger partial charge in [0.2, 0.25) is 15.9 Å². The lowest BCUT2D eigenvalue weighted by Crippen LogP contribution is -2.37. The highest BCUT2D eigenvalue weighted by Gasteiger charge is 2.22. The molecule has 0 radical (unpaired) electrons. The SMILES string of the molecule is CCCCc1ccc(NC(=O)CN(c2ccccc2C)S(C)(=O)=O)cc1. The van der Waals surface area contributed by atoms with Crippen molar-refractivity contribution in [3.8, 4) is 0 Å². The smallest absolute Gasteiger partial charge is 0.245 e. The Morgan fingerprint density at radius 3 is 2.31 bits per heavy atom. The normalized spacial score (nSPS) is 11.2. The number of aryl methyl sites for hydroxylation is 2. The van der Waals surface area contributed by atoms with Crippen LogP contribution < -0.4 is 9.62 Å². The number of hydrogen-bond donors (Lipinski definition) is 1. The third-order valence-electron chi connectivity index (χ3n) is 4.13. The lowest BCUT2D eigenvalue weighted by atomic mass is 10.1. The van der Waals surface area contributed by atoms with Crippen LogP contribution in [0.2, 0.25) is 0 Å². The van der Waals surface area contributed by atoms with E-state index in [0.717, 1.165) is 35.4 Å². The zero-order chi connectivity index (χ0) is 19.2. The Bertz CT molecular complexity index is 846. The summed E-state index contributed by atoms with van der Waals surface area (Å²) in [5, 5.41) is 2.77. The molecule has 2 rings (SSSR count). The minimum atomic E-state index is -3.57. The largest absolute Gasteiger partial charge is 0.325 e. The maximum atomic E-state index is 12.4. The lowest BCUT2D eigenvalue weighted by Gasteiger charge is -2.23. The van der Waals surface area contributed by atoms with E-state index in [0.29, 0.717) is 11.4 Å². The average Bonchev–Trinajstić information content (AvgIpc) is 2.59. The third kappa shape index (κ3) is 5.59. The molecule has 0 fully saturated rings. The first-order chi connectivity index (χ1) is 12.3. The molecule has 0 saturated heterocycles. The Balaban J connectivity index is 2.09. The van der Waals surface area contributed by atoms with E-state index >= 15 is 0 Å². The van der Waals surface area contributed by atoms with Gasteiger partial charge in [-0.15, -0.1) is 0 Å². The fourth-order valence-corrected chi connectivity index (χ4v) is 3.60. The molecule has 0 atom stereocenters. The molecule has 0 heterocycles. The van der Waals surface area contributed by atoms with Crippen LogP contribution in [-0.4, -0.2) is 27.1 Å². The first-order valence-electron chi connectivity index (χ1n) is 8.73. The molecule has 2 aromatic rings. The molecule has 5 nitrogen and oxygen atoms in total. The number of unbranched alkanes of at least 4 members (excludes halogenated alkanes) is 1. The summed E-state index contributed by atoms with van der Waals surface area (Å²) in [6.45, 7) is 3.71. The van der Waals surface area contributed by atoms with E-state index in [1.165, 1.54) is 5.56 Å². The fraction of sp³-hybridized carbons (Fsp3) is 0.350. The van der Waals surface area contributed by atoms with Crippen molar-refractivity contribution in [1.29, 1.82) is 0 Å². The predicted octanol–water partition coefficient (Wildman–Crippen LogP) is 3.74. The van der Waals surface area contributed by atoms with Crippen LogP contribution >= 0.6 is 0 Å². The van der Waals surface area contributed by atoms with E-state index < -0.39 is 10.0 Å².